The van der Waals surface area contributed by atoms with E-state index in [1.165, 1.54) is 12.2 Å². The highest BCUT2D eigenvalue weighted by Gasteiger charge is 2.79. The van der Waals surface area contributed by atoms with Gasteiger partial charge < -0.3 is 9.52 Å². The zero-order chi connectivity index (χ0) is 25.7. The highest BCUT2D eigenvalue weighted by Crippen LogP contribution is 2.76. The number of Topliss-reactive ketones (excluding diaryl/α,β-unsaturated/α-hetero) is 1. The number of halogens is 2. The van der Waals surface area contributed by atoms with Gasteiger partial charge in [0.2, 0.25) is 0 Å². The fourth-order valence-electron chi connectivity index (χ4n) is 9.14. The van der Waals surface area contributed by atoms with Crippen molar-refractivity contribution in [1.82, 2.24) is 5.06 Å². The molecule has 194 valence electrons. The molecule has 6 rings (SSSR count). The third-order valence-electron chi connectivity index (χ3n) is 10.8. The van der Waals surface area contributed by atoms with Gasteiger partial charge in [-0.1, -0.05) is 26.8 Å². The first-order valence-corrected chi connectivity index (χ1v) is 12.8. The molecule has 1 N–H and O–H groups in total. The molecular weight excluding hydrogens is 468 g/mol. The molecule has 4 aliphatic carbocycles. The van der Waals surface area contributed by atoms with E-state index in [0.717, 1.165) is 0 Å². The SMILES string of the molecule is CC12C=CC(=O)C=C1C(F)CC1C2C(O)CC2(C)C1(C)CC1CN(Cc3ccco3)OC12C(=O)CF. The molecular formula is C28H33F2NO5. The van der Waals surface area contributed by atoms with E-state index in [9.17, 15) is 19.1 Å². The van der Waals surface area contributed by atoms with Gasteiger partial charge in [-0.2, -0.15) is 5.06 Å². The number of nitrogens with zero attached hydrogens (tertiary/aromatic N) is 1. The van der Waals surface area contributed by atoms with Gasteiger partial charge in [-0.15, -0.1) is 0 Å². The Morgan fingerprint density at radius 3 is 2.75 bits per heavy atom. The van der Waals surface area contributed by atoms with Crippen LogP contribution in [0, 0.1) is 34.0 Å². The molecule has 1 aliphatic heterocycles. The number of aliphatic hydroxyl groups excluding tert-OH is 1. The third kappa shape index (κ3) is 2.81. The van der Waals surface area contributed by atoms with Crippen molar-refractivity contribution in [3.8, 4) is 0 Å². The Labute approximate surface area is 209 Å². The number of allylic oxidation sites excluding steroid dienone is 4. The Morgan fingerprint density at radius 1 is 1.28 bits per heavy atom. The Hall–Kier alpha value is -2.16. The monoisotopic (exact) mass is 501 g/mol. The van der Waals surface area contributed by atoms with Crippen LogP contribution in [-0.4, -0.2) is 52.8 Å². The summed E-state index contributed by atoms with van der Waals surface area (Å²) >= 11 is 0. The summed E-state index contributed by atoms with van der Waals surface area (Å²) in [6, 6.07) is 3.59. The van der Waals surface area contributed by atoms with Crippen molar-refractivity contribution in [3.63, 3.8) is 0 Å². The lowest BCUT2D eigenvalue weighted by molar-refractivity contribution is -0.270. The predicted octanol–water partition coefficient (Wildman–Crippen LogP) is 4.15. The molecule has 0 amide bonds. The summed E-state index contributed by atoms with van der Waals surface area (Å²) in [5, 5.41) is 13.4. The highest BCUT2D eigenvalue weighted by atomic mass is 19.1. The summed E-state index contributed by atoms with van der Waals surface area (Å²) in [7, 11) is 0. The van der Waals surface area contributed by atoms with Crippen molar-refractivity contribution in [2.45, 2.75) is 64.5 Å². The second kappa shape index (κ2) is 7.68. The van der Waals surface area contributed by atoms with Crippen molar-refractivity contribution in [2.75, 3.05) is 13.2 Å². The van der Waals surface area contributed by atoms with Crippen LogP contribution in [-0.2, 0) is 21.0 Å². The molecule has 0 spiro atoms. The zero-order valence-corrected chi connectivity index (χ0v) is 20.9. The van der Waals surface area contributed by atoms with Crippen LogP contribution in [0.4, 0.5) is 8.78 Å². The van der Waals surface area contributed by atoms with Crippen LogP contribution < -0.4 is 0 Å². The molecule has 9 atom stereocenters. The van der Waals surface area contributed by atoms with E-state index in [4.69, 9.17) is 9.25 Å². The van der Waals surface area contributed by atoms with E-state index in [-0.39, 0.29) is 36.4 Å². The van der Waals surface area contributed by atoms with Gasteiger partial charge in [0.25, 0.3) is 0 Å². The lowest BCUT2D eigenvalue weighted by atomic mass is 9.41. The second-order valence-corrected chi connectivity index (χ2v) is 12.2. The number of aliphatic hydroxyl groups is 1. The molecule has 1 saturated heterocycles. The van der Waals surface area contributed by atoms with Gasteiger partial charge in [0, 0.05) is 29.2 Å². The summed E-state index contributed by atoms with van der Waals surface area (Å²) in [5.74, 6) is -1.09. The Morgan fingerprint density at radius 2 is 2.06 bits per heavy atom. The van der Waals surface area contributed by atoms with Gasteiger partial charge in [0.05, 0.1) is 18.9 Å². The van der Waals surface area contributed by atoms with E-state index in [0.29, 0.717) is 30.8 Å². The maximum Gasteiger partial charge on any atom is 0.198 e. The smallest absolute Gasteiger partial charge is 0.198 e. The number of carbonyl (C=O) groups is 2. The first-order valence-electron chi connectivity index (χ1n) is 12.8. The number of furan rings is 1. The summed E-state index contributed by atoms with van der Waals surface area (Å²) in [6.07, 6.45) is 4.90. The van der Waals surface area contributed by atoms with E-state index < -0.39 is 46.6 Å². The van der Waals surface area contributed by atoms with Gasteiger partial charge >= 0.3 is 0 Å². The molecule has 4 fully saturated rings. The molecule has 36 heavy (non-hydrogen) atoms. The summed E-state index contributed by atoms with van der Waals surface area (Å²) in [5.41, 5.74) is -3.33. The molecule has 1 aromatic rings. The molecule has 3 saturated carbocycles. The number of alkyl halides is 2. The van der Waals surface area contributed by atoms with E-state index >= 15 is 4.39 Å². The average Bonchev–Trinajstić information content (AvgIpc) is 3.50. The van der Waals surface area contributed by atoms with Crippen LogP contribution in [0.25, 0.3) is 0 Å². The maximum atomic E-state index is 15.8. The van der Waals surface area contributed by atoms with Crippen LogP contribution >= 0.6 is 0 Å². The minimum absolute atomic E-state index is 0.152. The molecule has 0 aromatic carbocycles. The fraction of sp³-hybridized carbons (Fsp3) is 0.643. The van der Waals surface area contributed by atoms with Crippen molar-refractivity contribution in [2.24, 2.45) is 34.0 Å². The normalized spacial score (nSPS) is 47.7. The number of carbonyl (C=O) groups excluding carboxylic acids is 2. The Bertz CT molecular complexity index is 1160. The summed E-state index contributed by atoms with van der Waals surface area (Å²) < 4.78 is 35.4. The quantitative estimate of drug-likeness (QED) is 0.668. The number of rotatable bonds is 4. The molecule has 0 radical (unpaired) electrons. The lowest BCUT2D eigenvalue weighted by Crippen LogP contribution is -2.67. The number of fused-ring (bicyclic) bond motifs is 7. The molecule has 1 aromatic heterocycles. The molecule has 9 unspecified atom stereocenters. The Kier molecular flexibility index (Phi) is 5.16. The van der Waals surface area contributed by atoms with Crippen LogP contribution in [0.1, 0.15) is 45.8 Å². The first-order chi connectivity index (χ1) is 17.0. The average molecular weight is 502 g/mol. The van der Waals surface area contributed by atoms with Gasteiger partial charge in [-0.05, 0) is 60.5 Å². The number of hydroxylamine groups is 2. The molecule has 6 nitrogen and oxygen atoms in total. The standard InChI is InChI=1S/C28H33F2NO5/c1-25-7-6-17(32)9-19(25)21(30)10-20-24(25)22(33)12-27(3)26(20,2)11-16-14-31(15-18-5-4-8-35-18)36-28(16,27)23(34)13-29/h4-9,16,20-22,24,33H,10-15H2,1-3H3. The van der Waals surface area contributed by atoms with Gasteiger partial charge in [-0.25, -0.2) is 8.78 Å². The number of ketones is 2. The second-order valence-electron chi connectivity index (χ2n) is 12.2. The van der Waals surface area contributed by atoms with E-state index in [2.05, 4.69) is 6.92 Å². The minimum atomic E-state index is -1.45. The van der Waals surface area contributed by atoms with Gasteiger partial charge in [-0.3, -0.25) is 14.4 Å². The predicted molar refractivity (Wildman–Crippen MR) is 126 cm³/mol. The van der Waals surface area contributed by atoms with Gasteiger partial charge in [0.15, 0.2) is 23.8 Å². The number of hydrogen-bond donors (Lipinski definition) is 1. The van der Waals surface area contributed by atoms with Crippen molar-refractivity contribution >= 4 is 11.6 Å². The largest absolute Gasteiger partial charge is 0.468 e. The van der Waals surface area contributed by atoms with Crippen LogP contribution in [0.2, 0.25) is 0 Å². The Balaban J connectivity index is 1.43. The minimum Gasteiger partial charge on any atom is -0.468 e. The van der Waals surface area contributed by atoms with Crippen molar-refractivity contribution < 1.29 is 32.7 Å². The molecule has 2 heterocycles. The molecule has 0 bridgehead atoms. The highest BCUT2D eigenvalue weighted by molar-refractivity contribution is 6.01. The third-order valence-corrected chi connectivity index (χ3v) is 10.8. The zero-order valence-electron chi connectivity index (χ0n) is 20.9. The summed E-state index contributed by atoms with van der Waals surface area (Å²) in [4.78, 5) is 32.0. The van der Waals surface area contributed by atoms with Gasteiger partial charge in [0.1, 0.15) is 11.9 Å². The van der Waals surface area contributed by atoms with Crippen LogP contribution in [0.15, 0.2) is 46.6 Å². The lowest BCUT2D eigenvalue weighted by Gasteiger charge is -2.64. The van der Waals surface area contributed by atoms with E-state index in [1.807, 2.05) is 19.9 Å². The van der Waals surface area contributed by atoms with Crippen molar-refractivity contribution in [1.29, 1.82) is 0 Å². The number of hydrogen-bond acceptors (Lipinski definition) is 6. The van der Waals surface area contributed by atoms with E-state index in [1.54, 1.807) is 23.5 Å². The molecule has 8 heteroatoms. The topological polar surface area (TPSA) is 80.0 Å². The fourth-order valence-corrected chi connectivity index (χ4v) is 9.14. The van der Waals surface area contributed by atoms with Crippen LogP contribution in [0.3, 0.4) is 0 Å². The van der Waals surface area contributed by atoms with Crippen LogP contribution in [0.5, 0.6) is 0 Å². The van der Waals surface area contributed by atoms with Crippen molar-refractivity contribution in [3.05, 3.63) is 48.0 Å². The first kappa shape index (κ1) is 24.2. The summed E-state index contributed by atoms with van der Waals surface area (Å²) in [6.45, 7) is 5.48. The maximum absolute atomic E-state index is 15.8. The molecule has 5 aliphatic rings.